The maximum absolute atomic E-state index is 11.7. The first-order valence-electron chi connectivity index (χ1n) is 5.90. The Kier molecular flexibility index (Phi) is 4.94. The molecular weight excluding hydrogens is 262 g/mol. The molecule has 0 spiro atoms. The summed E-state index contributed by atoms with van der Waals surface area (Å²) in [5.74, 6) is 0.795. The molecule has 5 nitrogen and oxygen atoms in total. The van der Waals surface area contributed by atoms with Crippen LogP contribution in [-0.4, -0.2) is 58.6 Å². The van der Waals surface area contributed by atoms with Gasteiger partial charge in [0.2, 0.25) is 0 Å². The molecule has 1 rings (SSSR count). The highest BCUT2D eigenvalue weighted by atomic mass is 32.2. The average Bonchev–Trinajstić information content (AvgIpc) is 2.27. The van der Waals surface area contributed by atoms with Crippen LogP contribution in [0.3, 0.4) is 0 Å². The molecule has 6 heteroatoms. The van der Waals surface area contributed by atoms with Crippen LogP contribution in [0.1, 0.15) is 5.56 Å². The standard InChI is InChI=1S/C13H21N3O2S/c1-15(2)13(16(3)4)14-10-11-8-6-7-9-12(11)19(5,17)18/h6-9H,10H2,1-5H3. The molecule has 0 saturated heterocycles. The lowest BCUT2D eigenvalue weighted by Crippen LogP contribution is -2.35. The van der Waals surface area contributed by atoms with Gasteiger partial charge in [0.1, 0.15) is 0 Å². The number of rotatable bonds is 3. The second-order valence-electron chi connectivity index (χ2n) is 4.78. The third kappa shape index (κ3) is 4.24. The van der Waals surface area contributed by atoms with Crippen LogP contribution >= 0.6 is 0 Å². The van der Waals surface area contributed by atoms with Gasteiger partial charge in [0, 0.05) is 34.4 Å². The molecule has 19 heavy (non-hydrogen) atoms. The van der Waals surface area contributed by atoms with Crippen molar-refractivity contribution in [1.29, 1.82) is 0 Å². The van der Waals surface area contributed by atoms with E-state index in [1.165, 1.54) is 6.26 Å². The van der Waals surface area contributed by atoms with Crippen molar-refractivity contribution in [3.8, 4) is 0 Å². The lowest BCUT2D eigenvalue weighted by Gasteiger charge is -2.22. The Morgan fingerprint density at radius 1 is 1.11 bits per heavy atom. The monoisotopic (exact) mass is 283 g/mol. The van der Waals surface area contributed by atoms with Crippen molar-refractivity contribution in [3.63, 3.8) is 0 Å². The van der Waals surface area contributed by atoms with Crippen LogP contribution in [0.5, 0.6) is 0 Å². The maximum atomic E-state index is 11.7. The lowest BCUT2D eigenvalue weighted by atomic mass is 10.2. The van der Waals surface area contributed by atoms with E-state index < -0.39 is 9.84 Å². The highest BCUT2D eigenvalue weighted by molar-refractivity contribution is 7.90. The molecule has 0 saturated carbocycles. The fourth-order valence-corrected chi connectivity index (χ4v) is 2.77. The minimum Gasteiger partial charge on any atom is -0.349 e. The molecule has 1 aromatic rings. The van der Waals surface area contributed by atoms with Gasteiger partial charge in [0.15, 0.2) is 15.8 Å². The molecular formula is C13H21N3O2S. The van der Waals surface area contributed by atoms with Gasteiger partial charge in [-0.2, -0.15) is 0 Å². The number of hydrogen-bond donors (Lipinski definition) is 0. The maximum Gasteiger partial charge on any atom is 0.195 e. The second-order valence-corrected chi connectivity index (χ2v) is 6.77. The van der Waals surface area contributed by atoms with Gasteiger partial charge in [-0.05, 0) is 11.6 Å². The third-order valence-corrected chi connectivity index (χ3v) is 3.76. The van der Waals surface area contributed by atoms with Gasteiger partial charge < -0.3 is 9.80 Å². The summed E-state index contributed by atoms with van der Waals surface area (Å²) >= 11 is 0. The van der Waals surface area contributed by atoms with E-state index in [4.69, 9.17) is 0 Å². The van der Waals surface area contributed by atoms with Crippen LogP contribution < -0.4 is 0 Å². The molecule has 106 valence electrons. The van der Waals surface area contributed by atoms with Crippen molar-refractivity contribution in [2.24, 2.45) is 4.99 Å². The van der Waals surface area contributed by atoms with Crippen LogP contribution in [0, 0.1) is 0 Å². The molecule has 0 aliphatic carbocycles. The van der Waals surface area contributed by atoms with E-state index in [0.29, 0.717) is 17.0 Å². The second kappa shape index (κ2) is 6.06. The summed E-state index contributed by atoms with van der Waals surface area (Å²) in [5, 5.41) is 0. The third-order valence-electron chi connectivity index (χ3n) is 2.56. The zero-order valence-electron chi connectivity index (χ0n) is 12.1. The largest absolute Gasteiger partial charge is 0.349 e. The van der Waals surface area contributed by atoms with Gasteiger partial charge in [-0.3, -0.25) is 0 Å². The van der Waals surface area contributed by atoms with E-state index in [1.807, 2.05) is 44.1 Å². The number of nitrogens with zero attached hydrogens (tertiary/aromatic N) is 3. The highest BCUT2D eigenvalue weighted by Crippen LogP contribution is 2.16. The molecule has 0 aliphatic heterocycles. The minimum atomic E-state index is -3.22. The van der Waals surface area contributed by atoms with Crippen molar-refractivity contribution in [2.75, 3.05) is 34.4 Å². The van der Waals surface area contributed by atoms with Crippen molar-refractivity contribution >= 4 is 15.8 Å². The fraction of sp³-hybridized carbons (Fsp3) is 0.462. The molecule has 0 radical (unpaired) electrons. The SMILES string of the molecule is CN(C)C(=NCc1ccccc1S(C)(=O)=O)N(C)C. The van der Waals surface area contributed by atoms with Crippen LogP contribution in [0.2, 0.25) is 0 Å². The Morgan fingerprint density at radius 3 is 2.11 bits per heavy atom. The summed E-state index contributed by atoms with van der Waals surface area (Å²) < 4.78 is 23.4. The van der Waals surface area contributed by atoms with Crippen LogP contribution in [-0.2, 0) is 16.4 Å². The highest BCUT2D eigenvalue weighted by Gasteiger charge is 2.12. The minimum absolute atomic E-state index is 0.342. The van der Waals surface area contributed by atoms with Crippen LogP contribution in [0.4, 0.5) is 0 Å². The van der Waals surface area contributed by atoms with Gasteiger partial charge in [-0.1, -0.05) is 18.2 Å². The van der Waals surface area contributed by atoms with Crippen molar-refractivity contribution in [1.82, 2.24) is 9.80 Å². The van der Waals surface area contributed by atoms with Gasteiger partial charge in [0.05, 0.1) is 11.4 Å². The summed E-state index contributed by atoms with van der Waals surface area (Å²) in [6.45, 7) is 0.342. The predicted octanol–water partition coefficient (Wildman–Crippen LogP) is 1.07. The van der Waals surface area contributed by atoms with E-state index in [9.17, 15) is 8.42 Å². The zero-order chi connectivity index (χ0) is 14.6. The number of aliphatic imine (C=N–C) groups is 1. The zero-order valence-corrected chi connectivity index (χ0v) is 12.9. The number of sulfone groups is 1. The predicted molar refractivity (Wildman–Crippen MR) is 78.1 cm³/mol. The molecule has 0 N–H and O–H groups in total. The normalized spacial score (nSPS) is 11.0. The van der Waals surface area contributed by atoms with Crippen molar-refractivity contribution in [2.45, 2.75) is 11.4 Å². The summed E-state index contributed by atoms with van der Waals surface area (Å²) in [7, 11) is 4.40. The van der Waals surface area contributed by atoms with Crippen LogP contribution in [0.25, 0.3) is 0 Å². The molecule has 1 aromatic carbocycles. The van der Waals surface area contributed by atoms with Gasteiger partial charge >= 0.3 is 0 Å². The first-order valence-corrected chi connectivity index (χ1v) is 7.79. The Bertz CT molecular complexity index is 553. The summed E-state index contributed by atoms with van der Waals surface area (Å²) in [4.78, 5) is 8.60. The van der Waals surface area contributed by atoms with E-state index in [-0.39, 0.29) is 0 Å². The molecule has 0 fully saturated rings. The van der Waals surface area contributed by atoms with Gasteiger partial charge in [0.25, 0.3) is 0 Å². The van der Waals surface area contributed by atoms with Crippen molar-refractivity contribution in [3.05, 3.63) is 29.8 Å². The molecule has 0 aromatic heterocycles. The summed E-state index contributed by atoms with van der Waals surface area (Å²) in [5.41, 5.74) is 0.714. The Labute approximate surface area is 115 Å². The summed E-state index contributed by atoms with van der Waals surface area (Å²) in [6, 6.07) is 6.96. The van der Waals surface area contributed by atoms with E-state index >= 15 is 0 Å². The Morgan fingerprint density at radius 2 is 1.63 bits per heavy atom. The molecule has 0 amide bonds. The van der Waals surface area contributed by atoms with E-state index in [0.717, 1.165) is 5.96 Å². The fourth-order valence-electron chi connectivity index (χ4n) is 1.83. The smallest absolute Gasteiger partial charge is 0.195 e. The lowest BCUT2D eigenvalue weighted by molar-refractivity contribution is 0.479. The molecule has 0 atom stereocenters. The number of benzene rings is 1. The first kappa shape index (κ1) is 15.5. The molecule has 0 aliphatic rings. The quantitative estimate of drug-likeness (QED) is 0.615. The molecule has 0 heterocycles. The first-order chi connectivity index (χ1) is 8.73. The Balaban J connectivity index is 3.11. The average molecular weight is 283 g/mol. The number of guanidine groups is 1. The topological polar surface area (TPSA) is 53.0 Å². The molecule has 0 unspecified atom stereocenters. The van der Waals surface area contributed by atoms with Gasteiger partial charge in [-0.15, -0.1) is 0 Å². The van der Waals surface area contributed by atoms with Crippen molar-refractivity contribution < 1.29 is 8.42 Å². The Hall–Kier alpha value is -1.56. The summed E-state index contributed by atoms with van der Waals surface area (Å²) in [6.07, 6.45) is 1.22. The molecule has 0 bridgehead atoms. The van der Waals surface area contributed by atoms with Crippen LogP contribution in [0.15, 0.2) is 34.2 Å². The number of hydrogen-bond acceptors (Lipinski definition) is 3. The van der Waals surface area contributed by atoms with E-state index in [2.05, 4.69) is 4.99 Å². The van der Waals surface area contributed by atoms with E-state index in [1.54, 1.807) is 18.2 Å². The van der Waals surface area contributed by atoms with Gasteiger partial charge in [-0.25, -0.2) is 13.4 Å².